The molecule has 0 bridgehead atoms. The third kappa shape index (κ3) is 4.46. The van der Waals surface area contributed by atoms with E-state index < -0.39 is 23.8 Å². The van der Waals surface area contributed by atoms with Crippen LogP contribution in [0.3, 0.4) is 0 Å². The number of carboxylic acid groups (broad SMARTS) is 1. The Kier molecular flexibility index (Phi) is 6.30. The fourth-order valence-electron chi connectivity index (χ4n) is 3.62. The molecule has 0 spiro atoms. The van der Waals surface area contributed by atoms with Crippen molar-refractivity contribution in [3.8, 4) is 11.3 Å². The first-order chi connectivity index (χ1) is 16.7. The largest absolute Gasteiger partial charge is 0.478 e. The second-order valence-electron chi connectivity index (χ2n) is 7.49. The summed E-state index contributed by atoms with van der Waals surface area (Å²) in [6.07, 6.45) is 1.27. The normalized spacial score (nSPS) is 14.7. The number of esters is 1. The van der Waals surface area contributed by atoms with Crippen molar-refractivity contribution in [2.45, 2.75) is 6.92 Å². The van der Waals surface area contributed by atoms with E-state index in [9.17, 15) is 24.3 Å². The number of ether oxygens (including phenoxy) is 1. The average Bonchev–Trinajstić information content (AvgIpc) is 3.30. The summed E-state index contributed by atoms with van der Waals surface area (Å²) in [7, 11) is 1.30. The number of methoxy groups -OCH3 is 1. The molecule has 2 N–H and O–H groups in total. The van der Waals surface area contributed by atoms with Crippen molar-refractivity contribution in [2.24, 2.45) is 0 Å². The van der Waals surface area contributed by atoms with E-state index in [1.165, 1.54) is 37.5 Å². The molecule has 2 heterocycles. The highest BCUT2D eigenvalue weighted by Gasteiger charge is 2.35. The van der Waals surface area contributed by atoms with Gasteiger partial charge < -0.3 is 14.3 Å². The fraction of sp³-hybridized carbons (Fsp3) is 0.0800. The zero-order valence-corrected chi connectivity index (χ0v) is 19.3. The van der Waals surface area contributed by atoms with E-state index in [0.717, 1.165) is 4.90 Å². The third-order valence-corrected chi connectivity index (χ3v) is 5.66. The van der Waals surface area contributed by atoms with E-state index in [-0.39, 0.29) is 27.7 Å². The molecule has 1 aliphatic heterocycles. The van der Waals surface area contributed by atoms with Gasteiger partial charge in [0.2, 0.25) is 0 Å². The van der Waals surface area contributed by atoms with E-state index in [0.29, 0.717) is 22.5 Å². The monoisotopic (exact) mass is 490 g/mol. The number of thiocarbonyl (C=S) groups is 1. The lowest BCUT2D eigenvalue weighted by Gasteiger charge is -2.28. The molecule has 1 saturated heterocycles. The minimum absolute atomic E-state index is 0.0410. The van der Waals surface area contributed by atoms with Crippen molar-refractivity contribution in [1.82, 2.24) is 5.32 Å². The SMILES string of the molecule is COC(=O)c1cccc(-c2ccc(C=C3C(=O)NC(=S)N(c4cccc(C(=O)O)c4)C3=O)o2)c1C. The summed E-state index contributed by atoms with van der Waals surface area (Å²) in [6, 6.07) is 14.0. The molecule has 176 valence electrons. The molecule has 1 fully saturated rings. The van der Waals surface area contributed by atoms with Gasteiger partial charge in [-0.05, 0) is 67.2 Å². The Balaban J connectivity index is 1.69. The lowest BCUT2D eigenvalue weighted by Crippen LogP contribution is -2.54. The summed E-state index contributed by atoms with van der Waals surface area (Å²) in [4.78, 5) is 50.1. The molecule has 0 aliphatic carbocycles. The van der Waals surface area contributed by atoms with E-state index in [1.807, 2.05) is 0 Å². The van der Waals surface area contributed by atoms with Gasteiger partial charge in [0.25, 0.3) is 11.8 Å². The molecule has 3 aromatic rings. The Bertz CT molecular complexity index is 1440. The molecule has 1 aromatic heterocycles. The number of nitrogens with zero attached hydrogens (tertiary/aromatic N) is 1. The maximum Gasteiger partial charge on any atom is 0.338 e. The van der Waals surface area contributed by atoms with Crippen LogP contribution in [0, 0.1) is 6.92 Å². The summed E-state index contributed by atoms with van der Waals surface area (Å²) in [5.41, 5.74) is 1.58. The van der Waals surface area contributed by atoms with E-state index >= 15 is 0 Å². The van der Waals surface area contributed by atoms with Crippen molar-refractivity contribution < 1.29 is 33.4 Å². The molecule has 35 heavy (non-hydrogen) atoms. The summed E-state index contributed by atoms with van der Waals surface area (Å²) in [5, 5.41) is 11.5. The van der Waals surface area contributed by atoms with Crippen LogP contribution in [0.15, 0.2) is 64.6 Å². The van der Waals surface area contributed by atoms with Gasteiger partial charge in [-0.15, -0.1) is 0 Å². The lowest BCUT2D eigenvalue weighted by atomic mass is 10.0. The van der Waals surface area contributed by atoms with E-state index in [1.54, 1.807) is 37.3 Å². The number of carboxylic acids is 1. The Morgan fingerprint density at radius 1 is 1.11 bits per heavy atom. The second kappa shape index (κ2) is 9.35. The third-order valence-electron chi connectivity index (χ3n) is 5.37. The fourth-order valence-corrected chi connectivity index (χ4v) is 3.90. The number of hydrogen-bond donors (Lipinski definition) is 2. The zero-order chi connectivity index (χ0) is 25.3. The molecule has 0 saturated carbocycles. The number of nitrogens with one attached hydrogen (secondary N) is 1. The van der Waals surface area contributed by atoms with Crippen molar-refractivity contribution >= 4 is 52.8 Å². The summed E-state index contributed by atoms with van der Waals surface area (Å²) >= 11 is 5.15. The number of rotatable bonds is 5. The van der Waals surface area contributed by atoms with Crippen LogP contribution in [0.25, 0.3) is 17.4 Å². The van der Waals surface area contributed by atoms with Crippen LogP contribution in [0.4, 0.5) is 5.69 Å². The van der Waals surface area contributed by atoms with Gasteiger partial charge in [0.1, 0.15) is 17.1 Å². The van der Waals surface area contributed by atoms with Crippen LogP contribution in [0.1, 0.15) is 32.0 Å². The van der Waals surface area contributed by atoms with Crippen molar-refractivity contribution in [1.29, 1.82) is 0 Å². The zero-order valence-electron chi connectivity index (χ0n) is 18.5. The molecule has 0 unspecified atom stereocenters. The predicted molar refractivity (Wildman–Crippen MR) is 130 cm³/mol. The maximum atomic E-state index is 13.2. The van der Waals surface area contributed by atoms with Gasteiger partial charge in [0.05, 0.1) is 23.9 Å². The lowest BCUT2D eigenvalue weighted by molar-refractivity contribution is -0.122. The second-order valence-corrected chi connectivity index (χ2v) is 7.87. The van der Waals surface area contributed by atoms with Gasteiger partial charge in [-0.25, -0.2) is 9.59 Å². The molecule has 10 heteroatoms. The van der Waals surface area contributed by atoms with E-state index in [4.69, 9.17) is 21.4 Å². The number of hydrogen-bond acceptors (Lipinski definition) is 7. The summed E-state index contributed by atoms with van der Waals surface area (Å²) < 4.78 is 10.7. The Morgan fingerprint density at radius 2 is 1.86 bits per heavy atom. The van der Waals surface area contributed by atoms with Crippen LogP contribution in [0.2, 0.25) is 0 Å². The number of anilines is 1. The van der Waals surface area contributed by atoms with Crippen molar-refractivity contribution in [2.75, 3.05) is 12.0 Å². The maximum absolute atomic E-state index is 13.2. The minimum atomic E-state index is -1.17. The van der Waals surface area contributed by atoms with Gasteiger partial charge in [0.15, 0.2) is 5.11 Å². The smallest absolute Gasteiger partial charge is 0.338 e. The van der Waals surface area contributed by atoms with Crippen LogP contribution < -0.4 is 10.2 Å². The van der Waals surface area contributed by atoms with Crippen molar-refractivity contribution in [3.63, 3.8) is 0 Å². The number of benzene rings is 2. The highest BCUT2D eigenvalue weighted by molar-refractivity contribution is 7.80. The van der Waals surface area contributed by atoms with E-state index in [2.05, 4.69) is 5.32 Å². The summed E-state index contributed by atoms with van der Waals surface area (Å²) in [6.45, 7) is 1.75. The first kappa shape index (κ1) is 23.6. The highest BCUT2D eigenvalue weighted by atomic mass is 32.1. The Hall–Kier alpha value is -4.57. The van der Waals surface area contributed by atoms with Gasteiger partial charge in [-0.1, -0.05) is 18.2 Å². The van der Waals surface area contributed by atoms with Gasteiger partial charge in [0, 0.05) is 5.56 Å². The number of carbonyl (C=O) groups excluding carboxylic acids is 3. The van der Waals surface area contributed by atoms with Crippen LogP contribution in [0.5, 0.6) is 0 Å². The minimum Gasteiger partial charge on any atom is -0.478 e. The molecule has 2 amide bonds. The summed E-state index contributed by atoms with van der Waals surface area (Å²) in [5.74, 6) is -2.46. The van der Waals surface area contributed by atoms with Gasteiger partial charge in [-0.3, -0.25) is 19.8 Å². The number of carbonyl (C=O) groups is 4. The molecule has 4 rings (SSSR count). The molecule has 0 atom stereocenters. The molecule has 9 nitrogen and oxygen atoms in total. The van der Waals surface area contributed by atoms with Crippen LogP contribution in [-0.2, 0) is 14.3 Å². The topological polar surface area (TPSA) is 126 Å². The molecular weight excluding hydrogens is 472 g/mol. The molecule has 1 aliphatic rings. The molecular formula is C25H18N2O7S. The Labute approximate surface area is 204 Å². The quantitative estimate of drug-likeness (QED) is 0.241. The molecule has 2 aromatic carbocycles. The van der Waals surface area contributed by atoms with Gasteiger partial charge in [-0.2, -0.15) is 0 Å². The first-order valence-electron chi connectivity index (χ1n) is 10.2. The standard InChI is InChI=1S/C25H18N2O7S/c1-13-17(7-4-8-18(13)24(32)33-2)20-10-9-16(34-20)12-19-21(28)26-25(35)27(22(19)29)15-6-3-5-14(11-15)23(30)31/h3-12H,1-2H3,(H,30,31)(H,26,28,35). The van der Waals surface area contributed by atoms with Crippen molar-refractivity contribution in [3.05, 3.63) is 82.6 Å². The average molecular weight is 490 g/mol. The van der Waals surface area contributed by atoms with Gasteiger partial charge >= 0.3 is 11.9 Å². The first-order valence-corrected chi connectivity index (χ1v) is 10.6. The highest BCUT2D eigenvalue weighted by Crippen LogP contribution is 2.29. The Morgan fingerprint density at radius 3 is 2.57 bits per heavy atom. The predicted octanol–water partition coefficient (Wildman–Crippen LogP) is 3.57. The van der Waals surface area contributed by atoms with Crippen LogP contribution in [-0.4, -0.2) is 41.1 Å². The number of aromatic carboxylic acids is 1. The van der Waals surface area contributed by atoms with Crippen LogP contribution >= 0.6 is 12.2 Å². The number of furan rings is 1. The molecule has 0 radical (unpaired) electrons. The number of amides is 2.